The molecule has 0 radical (unpaired) electrons. The van der Waals surface area contributed by atoms with Gasteiger partial charge in [0.15, 0.2) is 5.54 Å². The molecule has 26 heavy (non-hydrogen) atoms. The Hall–Kier alpha value is -3.20. The summed E-state index contributed by atoms with van der Waals surface area (Å²) in [5.74, 6) is -0.398. The molecule has 0 aromatic heterocycles. The lowest BCUT2D eigenvalue weighted by Crippen LogP contribution is -2.46. The maximum atomic E-state index is 13.5. The molecule has 3 aromatic carbocycles. The van der Waals surface area contributed by atoms with Gasteiger partial charge in [-0.05, 0) is 23.6 Å². The first kappa shape index (κ1) is 16.3. The van der Waals surface area contributed by atoms with Gasteiger partial charge in [0.05, 0.1) is 0 Å². The van der Waals surface area contributed by atoms with Crippen molar-refractivity contribution in [2.45, 2.75) is 18.9 Å². The Bertz CT molecular complexity index is 957. The number of carbonyl (C=O) groups is 2. The summed E-state index contributed by atoms with van der Waals surface area (Å²) in [4.78, 5) is 26.9. The fourth-order valence-electron chi connectivity index (χ4n) is 3.67. The molecule has 0 saturated carbocycles. The monoisotopic (exact) mass is 341 g/mol. The SMILES string of the molecule is CCc1ccccc1NC1(c2ccccc2)C(=O)c2ccccc2C1=O. The summed E-state index contributed by atoms with van der Waals surface area (Å²) < 4.78 is 0. The zero-order chi connectivity index (χ0) is 18.1. The van der Waals surface area contributed by atoms with E-state index in [1.165, 1.54) is 0 Å². The van der Waals surface area contributed by atoms with E-state index in [4.69, 9.17) is 0 Å². The predicted molar refractivity (Wildman–Crippen MR) is 103 cm³/mol. The van der Waals surface area contributed by atoms with E-state index in [2.05, 4.69) is 12.2 Å². The highest BCUT2D eigenvalue weighted by Crippen LogP contribution is 2.41. The molecule has 0 atom stereocenters. The zero-order valence-corrected chi connectivity index (χ0v) is 14.5. The molecule has 0 amide bonds. The molecule has 1 N–H and O–H groups in total. The van der Waals surface area contributed by atoms with E-state index in [-0.39, 0.29) is 11.6 Å². The van der Waals surface area contributed by atoms with Crippen LogP contribution in [-0.2, 0) is 12.0 Å². The Morgan fingerprint density at radius 2 is 1.27 bits per heavy atom. The van der Waals surface area contributed by atoms with Gasteiger partial charge in [-0.25, -0.2) is 0 Å². The first-order valence-electron chi connectivity index (χ1n) is 8.78. The van der Waals surface area contributed by atoms with Gasteiger partial charge in [-0.15, -0.1) is 0 Å². The van der Waals surface area contributed by atoms with Crippen LogP contribution in [0, 0.1) is 0 Å². The Balaban J connectivity index is 1.94. The van der Waals surface area contributed by atoms with Gasteiger partial charge < -0.3 is 5.32 Å². The number of hydrogen-bond donors (Lipinski definition) is 1. The van der Waals surface area contributed by atoms with Crippen molar-refractivity contribution in [3.8, 4) is 0 Å². The van der Waals surface area contributed by atoms with Crippen molar-refractivity contribution in [3.05, 3.63) is 101 Å². The third kappa shape index (κ3) is 2.28. The van der Waals surface area contributed by atoms with Gasteiger partial charge in [-0.3, -0.25) is 9.59 Å². The van der Waals surface area contributed by atoms with Gasteiger partial charge in [-0.2, -0.15) is 0 Å². The summed E-state index contributed by atoms with van der Waals surface area (Å²) in [5, 5.41) is 3.34. The fraction of sp³-hybridized carbons (Fsp3) is 0.130. The molecule has 4 rings (SSSR count). The summed E-state index contributed by atoms with van der Waals surface area (Å²) in [7, 11) is 0. The van der Waals surface area contributed by atoms with Crippen LogP contribution >= 0.6 is 0 Å². The van der Waals surface area contributed by atoms with Gasteiger partial charge in [0.1, 0.15) is 0 Å². The minimum Gasteiger partial charge on any atom is -0.362 e. The van der Waals surface area contributed by atoms with E-state index < -0.39 is 5.54 Å². The molecule has 0 heterocycles. The van der Waals surface area contributed by atoms with Crippen molar-refractivity contribution in [3.63, 3.8) is 0 Å². The number of ketones is 2. The molecule has 3 nitrogen and oxygen atoms in total. The normalized spacial score (nSPS) is 15.0. The van der Waals surface area contributed by atoms with Crippen LogP contribution in [0.2, 0.25) is 0 Å². The molecule has 1 aliphatic carbocycles. The van der Waals surface area contributed by atoms with Crippen molar-refractivity contribution in [2.24, 2.45) is 0 Å². The molecular weight excluding hydrogens is 322 g/mol. The number of nitrogens with one attached hydrogen (secondary N) is 1. The number of rotatable bonds is 4. The maximum absolute atomic E-state index is 13.5. The average Bonchev–Trinajstić information content (AvgIpc) is 2.92. The summed E-state index contributed by atoms with van der Waals surface area (Å²) in [6.07, 6.45) is 0.809. The van der Waals surface area contributed by atoms with Crippen LogP contribution in [0.5, 0.6) is 0 Å². The number of fused-ring (bicyclic) bond motifs is 1. The van der Waals surface area contributed by atoms with E-state index in [0.717, 1.165) is 17.7 Å². The Morgan fingerprint density at radius 1 is 0.731 bits per heavy atom. The van der Waals surface area contributed by atoms with Crippen LogP contribution in [0.3, 0.4) is 0 Å². The highest BCUT2D eigenvalue weighted by molar-refractivity contribution is 6.34. The Labute approximate surface area is 152 Å². The molecule has 3 aromatic rings. The molecule has 1 aliphatic rings. The average molecular weight is 341 g/mol. The number of para-hydroxylation sites is 1. The summed E-state index contributed by atoms with van der Waals surface area (Å²) in [5.41, 5.74) is 2.08. The molecule has 3 heteroatoms. The summed E-state index contributed by atoms with van der Waals surface area (Å²) >= 11 is 0. The largest absolute Gasteiger partial charge is 0.362 e. The van der Waals surface area contributed by atoms with Gasteiger partial charge in [0, 0.05) is 16.8 Å². The number of Topliss-reactive ketones (excluding diaryl/α,β-unsaturated/α-hetero) is 2. The van der Waals surface area contributed by atoms with Crippen LogP contribution in [0.25, 0.3) is 0 Å². The second kappa shape index (κ2) is 6.26. The molecular formula is C23H19NO2. The van der Waals surface area contributed by atoms with Crippen LogP contribution < -0.4 is 5.32 Å². The van der Waals surface area contributed by atoms with E-state index in [1.807, 2.05) is 54.6 Å². The van der Waals surface area contributed by atoms with Crippen LogP contribution in [-0.4, -0.2) is 11.6 Å². The van der Waals surface area contributed by atoms with Crippen molar-refractivity contribution < 1.29 is 9.59 Å². The van der Waals surface area contributed by atoms with Crippen LogP contribution in [0.1, 0.15) is 38.8 Å². The van der Waals surface area contributed by atoms with Gasteiger partial charge in [0.2, 0.25) is 11.6 Å². The lowest BCUT2D eigenvalue weighted by Gasteiger charge is -2.30. The predicted octanol–water partition coefficient (Wildman–Crippen LogP) is 4.64. The van der Waals surface area contributed by atoms with E-state index >= 15 is 0 Å². The van der Waals surface area contributed by atoms with Crippen LogP contribution in [0.4, 0.5) is 5.69 Å². The molecule has 0 unspecified atom stereocenters. The van der Waals surface area contributed by atoms with E-state index in [9.17, 15) is 9.59 Å². The third-order valence-corrected chi connectivity index (χ3v) is 5.02. The van der Waals surface area contributed by atoms with Crippen molar-refractivity contribution >= 4 is 17.3 Å². The molecule has 0 bridgehead atoms. The summed E-state index contributed by atoms with van der Waals surface area (Å²) in [6, 6.07) is 24.1. The third-order valence-electron chi connectivity index (χ3n) is 5.02. The Kier molecular flexibility index (Phi) is 3.92. The zero-order valence-electron chi connectivity index (χ0n) is 14.5. The second-order valence-electron chi connectivity index (χ2n) is 6.46. The first-order chi connectivity index (χ1) is 12.7. The van der Waals surface area contributed by atoms with Crippen molar-refractivity contribution in [1.29, 1.82) is 0 Å². The fourth-order valence-corrected chi connectivity index (χ4v) is 3.67. The second-order valence-corrected chi connectivity index (χ2v) is 6.46. The number of anilines is 1. The standard InChI is InChI=1S/C23H19NO2/c1-2-16-10-6-9-15-20(16)24-23(17-11-4-3-5-12-17)21(25)18-13-7-8-14-19(18)22(23)26/h3-15,24H,2H2,1H3. The number of hydrogen-bond acceptors (Lipinski definition) is 3. The summed E-state index contributed by atoms with van der Waals surface area (Å²) in [6.45, 7) is 2.06. The van der Waals surface area contributed by atoms with Crippen LogP contribution in [0.15, 0.2) is 78.9 Å². The minimum atomic E-state index is -1.42. The van der Waals surface area contributed by atoms with Crippen molar-refractivity contribution in [1.82, 2.24) is 0 Å². The molecule has 0 aliphatic heterocycles. The number of carbonyl (C=O) groups excluding carboxylic acids is 2. The Morgan fingerprint density at radius 3 is 1.88 bits per heavy atom. The van der Waals surface area contributed by atoms with Gasteiger partial charge in [0.25, 0.3) is 0 Å². The minimum absolute atomic E-state index is 0.199. The van der Waals surface area contributed by atoms with Gasteiger partial charge >= 0.3 is 0 Å². The lowest BCUT2D eigenvalue weighted by molar-refractivity contribution is 0.0819. The molecule has 0 fully saturated rings. The quantitative estimate of drug-likeness (QED) is 0.704. The first-order valence-corrected chi connectivity index (χ1v) is 8.78. The molecule has 128 valence electrons. The highest BCUT2D eigenvalue weighted by atomic mass is 16.2. The number of aryl methyl sites for hydroxylation is 1. The van der Waals surface area contributed by atoms with Gasteiger partial charge in [-0.1, -0.05) is 79.7 Å². The topological polar surface area (TPSA) is 46.2 Å². The van der Waals surface area contributed by atoms with Crippen molar-refractivity contribution in [2.75, 3.05) is 5.32 Å². The maximum Gasteiger partial charge on any atom is 0.201 e. The molecule has 0 spiro atoms. The van der Waals surface area contributed by atoms with E-state index in [1.54, 1.807) is 24.3 Å². The lowest BCUT2D eigenvalue weighted by atomic mass is 9.84. The van der Waals surface area contributed by atoms with E-state index in [0.29, 0.717) is 16.7 Å². The number of benzene rings is 3. The highest BCUT2D eigenvalue weighted by Gasteiger charge is 2.54. The smallest absolute Gasteiger partial charge is 0.201 e. The molecule has 0 saturated heterocycles.